The van der Waals surface area contributed by atoms with E-state index in [1.54, 1.807) is 31.4 Å². The highest BCUT2D eigenvalue weighted by molar-refractivity contribution is 6.31. The Morgan fingerprint density at radius 1 is 1.17 bits per heavy atom. The molecule has 118 valence electrons. The van der Waals surface area contributed by atoms with Crippen molar-refractivity contribution in [3.8, 4) is 5.75 Å². The second-order valence-electron chi connectivity index (χ2n) is 5.50. The number of hydrogen-bond acceptors (Lipinski definition) is 3. The van der Waals surface area contributed by atoms with E-state index in [0.717, 1.165) is 11.3 Å². The minimum Gasteiger partial charge on any atom is -0.497 e. The van der Waals surface area contributed by atoms with Gasteiger partial charge in [0.05, 0.1) is 18.7 Å². The van der Waals surface area contributed by atoms with Gasteiger partial charge in [-0.05, 0) is 42.3 Å². The fourth-order valence-electron chi connectivity index (χ4n) is 2.79. The van der Waals surface area contributed by atoms with Crippen molar-refractivity contribution in [2.24, 2.45) is 5.92 Å². The zero-order valence-corrected chi connectivity index (χ0v) is 13.4. The Morgan fingerprint density at radius 2 is 1.91 bits per heavy atom. The van der Waals surface area contributed by atoms with Gasteiger partial charge in [-0.1, -0.05) is 29.8 Å². The number of imide groups is 1. The van der Waals surface area contributed by atoms with Crippen LogP contribution in [-0.2, 0) is 16.0 Å². The minimum atomic E-state index is -0.338. The summed E-state index contributed by atoms with van der Waals surface area (Å²) in [5.41, 5.74) is 1.54. The maximum Gasteiger partial charge on any atom is 0.237 e. The van der Waals surface area contributed by atoms with E-state index in [4.69, 9.17) is 16.3 Å². The Bertz CT molecular complexity index is 742. The van der Waals surface area contributed by atoms with Crippen LogP contribution in [0.25, 0.3) is 0 Å². The third-order valence-electron chi connectivity index (χ3n) is 3.95. The molecule has 0 N–H and O–H groups in total. The molecule has 1 aliphatic rings. The van der Waals surface area contributed by atoms with Crippen LogP contribution < -0.4 is 9.64 Å². The van der Waals surface area contributed by atoms with Gasteiger partial charge in [-0.15, -0.1) is 0 Å². The van der Waals surface area contributed by atoms with Crippen LogP contribution in [0.3, 0.4) is 0 Å². The molecule has 0 radical (unpaired) electrons. The average Bonchev–Trinajstić information content (AvgIpc) is 2.82. The number of anilines is 1. The Hall–Kier alpha value is -2.33. The highest BCUT2D eigenvalue weighted by Gasteiger charge is 2.39. The second-order valence-corrected chi connectivity index (χ2v) is 5.94. The molecule has 1 fully saturated rings. The summed E-state index contributed by atoms with van der Waals surface area (Å²) >= 11 is 5.95. The summed E-state index contributed by atoms with van der Waals surface area (Å²) in [5, 5.41) is 0.502. The minimum absolute atomic E-state index is 0.173. The number of rotatable bonds is 4. The van der Waals surface area contributed by atoms with Crippen LogP contribution in [0.5, 0.6) is 5.75 Å². The first-order valence-electron chi connectivity index (χ1n) is 7.34. The van der Waals surface area contributed by atoms with Crippen molar-refractivity contribution in [2.75, 3.05) is 12.0 Å². The van der Waals surface area contributed by atoms with Crippen molar-refractivity contribution in [2.45, 2.75) is 12.8 Å². The first-order valence-corrected chi connectivity index (χ1v) is 7.71. The molecule has 1 atom stereocenters. The van der Waals surface area contributed by atoms with Gasteiger partial charge in [-0.3, -0.25) is 14.5 Å². The van der Waals surface area contributed by atoms with Crippen LogP contribution in [0.1, 0.15) is 12.0 Å². The van der Waals surface area contributed by atoms with Crippen LogP contribution in [-0.4, -0.2) is 18.9 Å². The van der Waals surface area contributed by atoms with Gasteiger partial charge in [0.2, 0.25) is 11.8 Å². The highest BCUT2D eigenvalue weighted by Crippen LogP contribution is 2.30. The summed E-state index contributed by atoms with van der Waals surface area (Å²) in [4.78, 5) is 26.1. The predicted molar refractivity (Wildman–Crippen MR) is 88.8 cm³/mol. The number of hydrogen-bond donors (Lipinski definition) is 0. The normalized spacial score (nSPS) is 17.7. The number of amides is 2. The number of methoxy groups -OCH3 is 1. The maximum atomic E-state index is 12.6. The molecule has 1 saturated heterocycles. The molecular formula is C18H16ClNO3. The summed E-state index contributed by atoms with van der Waals surface area (Å²) in [6.07, 6.45) is 0.753. The van der Waals surface area contributed by atoms with Crippen molar-refractivity contribution in [1.82, 2.24) is 0 Å². The number of benzene rings is 2. The van der Waals surface area contributed by atoms with E-state index >= 15 is 0 Å². The van der Waals surface area contributed by atoms with Gasteiger partial charge in [0.1, 0.15) is 5.75 Å². The fourth-order valence-corrected chi connectivity index (χ4v) is 2.97. The SMILES string of the molecule is COc1ccc(CC2CC(=O)N(c3cccc(Cl)c3)C2=O)cc1. The molecule has 0 bridgehead atoms. The van der Waals surface area contributed by atoms with Crippen LogP contribution in [0, 0.1) is 5.92 Å². The Kier molecular flexibility index (Phi) is 4.35. The van der Waals surface area contributed by atoms with Gasteiger partial charge in [-0.2, -0.15) is 0 Å². The third kappa shape index (κ3) is 3.22. The van der Waals surface area contributed by atoms with Crippen molar-refractivity contribution >= 4 is 29.1 Å². The summed E-state index contributed by atoms with van der Waals surface area (Å²) in [7, 11) is 1.61. The zero-order valence-electron chi connectivity index (χ0n) is 12.7. The standard InChI is InChI=1S/C18H16ClNO3/c1-23-16-7-5-12(6-8-16)9-13-10-17(21)20(18(13)22)15-4-2-3-14(19)11-15/h2-8,11,13H,9-10H2,1H3. The largest absolute Gasteiger partial charge is 0.497 e. The zero-order chi connectivity index (χ0) is 16.4. The number of halogens is 1. The number of ether oxygens (including phenoxy) is 1. The average molecular weight is 330 g/mol. The molecule has 4 nitrogen and oxygen atoms in total. The molecule has 0 spiro atoms. The molecule has 5 heteroatoms. The Labute approximate surface area is 139 Å². The van der Waals surface area contributed by atoms with E-state index in [0.29, 0.717) is 17.1 Å². The molecule has 23 heavy (non-hydrogen) atoms. The maximum absolute atomic E-state index is 12.6. The molecule has 0 aliphatic carbocycles. The van der Waals surface area contributed by atoms with E-state index in [1.165, 1.54) is 4.90 Å². The second kappa shape index (κ2) is 6.42. The smallest absolute Gasteiger partial charge is 0.237 e. The molecule has 1 heterocycles. The van der Waals surface area contributed by atoms with Crippen molar-refractivity contribution in [3.63, 3.8) is 0 Å². The van der Waals surface area contributed by atoms with E-state index in [1.807, 2.05) is 24.3 Å². The van der Waals surface area contributed by atoms with E-state index < -0.39 is 0 Å². The van der Waals surface area contributed by atoms with Gasteiger partial charge in [-0.25, -0.2) is 0 Å². The monoisotopic (exact) mass is 329 g/mol. The molecule has 1 unspecified atom stereocenters. The molecule has 0 aromatic heterocycles. The summed E-state index contributed by atoms with van der Waals surface area (Å²) in [6, 6.07) is 14.3. The number of carbonyl (C=O) groups excluding carboxylic acids is 2. The van der Waals surface area contributed by atoms with Gasteiger partial charge >= 0.3 is 0 Å². The summed E-state index contributed by atoms with van der Waals surface area (Å²) in [5.74, 6) is 0.0712. The first kappa shape index (κ1) is 15.6. The van der Waals surface area contributed by atoms with Crippen molar-refractivity contribution < 1.29 is 14.3 Å². The van der Waals surface area contributed by atoms with Crippen LogP contribution in [0.2, 0.25) is 5.02 Å². The molecule has 2 aromatic carbocycles. The Morgan fingerprint density at radius 3 is 2.57 bits per heavy atom. The van der Waals surface area contributed by atoms with E-state index in [2.05, 4.69) is 0 Å². The topological polar surface area (TPSA) is 46.6 Å². The predicted octanol–water partition coefficient (Wildman–Crippen LogP) is 3.47. The first-order chi connectivity index (χ1) is 11.1. The van der Waals surface area contributed by atoms with E-state index in [9.17, 15) is 9.59 Å². The van der Waals surface area contributed by atoms with E-state index in [-0.39, 0.29) is 24.2 Å². The summed E-state index contributed by atoms with van der Waals surface area (Å²) < 4.78 is 5.12. The van der Waals surface area contributed by atoms with Crippen molar-refractivity contribution in [3.05, 3.63) is 59.1 Å². The molecular weight excluding hydrogens is 314 g/mol. The lowest BCUT2D eigenvalue weighted by molar-refractivity contribution is -0.122. The van der Waals surface area contributed by atoms with Crippen LogP contribution >= 0.6 is 11.6 Å². The molecule has 2 amide bonds. The lowest BCUT2D eigenvalue weighted by Gasteiger charge is -2.15. The molecule has 2 aromatic rings. The molecule has 1 aliphatic heterocycles. The summed E-state index contributed by atoms with van der Waals surface area (Å²) in [6.45, 7) is 0. The molecule has 0 saturated carbocycles. The Balaban J connectivity index is 1.78. The lowest BCUT2D eigenvalue weighted by Crippen LogP contribution is -2.30. The van der Waals surface area contributed by atoms with Gasteiger partial charge in [0.25, 0.3) is 0 Å². The third-order valence-corrected chi connectivity index (χ3v) is 4.18. The van der Waals surface area contributed by atoms with Gasteiger partial charge in [0.15, 0.2) is 0 Å². The van der Waals surface area contributed by atoms with Crippen molar-refractivity contribution in [1.29, 1.82) is 0 Å². The number of nitrogens with zero attached hydrogens (tertiary/aromatic N) is 1. The van der Waals surface area contributed by atoms with Crippen LogP contribution in [0.4, 0.5) is 5.69 Å². The quantitative estimate of drug-likeness (QED) is 0.807. The van der Waals surface area contributed by atoms with Gasteiger partial charge < -0.3 is 4.74 Å². The molecule has 3 rings (SSSR count). The van der Waals surface area contributed by atoms with Crippen LogP contribution in [0.15, 0.2) is 48.5 Å². The lowest BCUT2D eigenvalue weighted by atomic mass is 9.98. The number of carbonyl (C=O) groups is 2. The fraction of sp³-hybridized carbons (Fsp3) is 0.222. The van der Waals surface area contributed by atoms with Gasteiger partial charge in [0, 0.05) is 11.4 Å². The highest BCUT2D eigenvalue weighted by atomic mass is 35.5.